The maximum absolute atomic E-state index is 12.8. The smallest absolute Gasteiger partial charge is 0.237 e. The molecule has 0 bridgehead atoms. The van der Waals surface area contributed by atoms with Gasteiger partial charge in [0.15, 0.2) is 0 Å². The fourth-order valence-corrected chi connectivity index (χ4v) is 1.28. The number of carbonyl (C=O) groups excluding carboxylic acids is 2. The molecule has 5 N–H and O–H groups in total. The molecule has 0 heterocycles. The molecule has 0 aliphatic rings. The first kappa shape index (κ1) is 13.1. The Bertz CT molecular complexity index is 423. The van der Waals surface area contributed by atoms with Gasteiger partial charge < -0.3 is 16.8 Å². The van der Waals surface area contributed by atoms with Gasteiger partial charge in [-0.05, 0) is 17.7 Å². The van der Waals surface area contributed by atoms with Crippen molar-refractivity contribution < 1.29 is 14.0 Å². The highest BCUT2D eigenvalue weighted by atomic mass is 19.1. The van der Waals surface area contributed by atoms with Crippen LogP contribution in [0.3, 0.4) is 0 Å². The van der Waals surface area contributed by atoms with Gasteiger partial charge in [0.1, 0.15) is 5.82 Å². The van der Waals surface area contributed by atoms with Gasteiger partial charge in [0.05, 0.1) is 12.5 Å². The van der Waals surface area contributed by atoms with Crippen molar-refractivity contribution in [2.24, 2.45) is 11.5 Å². The van der Waals surface area contributed by atoms with E-state index in [1.807, 2.05) is 0 Å². The Morgan fingerprint density at radius 2 is 2.12 bits per heavy atom. The maximum atomic E-state index is 12.8. The Labute approximate surface area is 98.0 Å². The molecular weight excluding hydrogens is 225 g/mol. The molecule has 0 aliphatic heterocycles. The second kappa shape index (κ2) is 5.95. The van der Waals surface area contributed by atoms with Crippen molar-refractivity contribution in [2.75, 3.05) is 0 Å². The predicted molar refractivity (Wildman–Crippen MR) is 60.0 cm³/mol. The van der Waals surface area contributed by atoms with Gasteiger partial charge in [-0.25, -0.2) is 4.39 Å². The topological polar surface area (TPSA) is 98.2 Å². The number of nitrogens with one attached hydrogen (secondary N) is 1. The van der Waals surface area contributed by atoms with E-state index in [0.717, 1.165) is 0 Å². The Morgan fingerprint density at radius 3 is 2.71 bits per heavy atom. The van der Waals surface area contributed by atoms with E-state index in [0.29, 0.717) is 5.56 Å². The van der Waals surface area contributed by atoms with Gasteiger partial charge >= 0.3 is 0 Å². The van der Waals surface area contributed by atoms with Gasteiger partial charge in [0.2, 0.25) is 11.8 Å². The molecule has 5 nitrogen and oxygen atoms in total. The number of primary amides is 1. The van der Waals surface area contributed by atoms with E-state index < -0.39 is 17.9 Å². The number of rotatable bonds is 5. The van der Waals surface area contributed by atoms with Crippen LogP contribution in [0.1, 0.15) is 12.0 Å². The third-order valence-corrected chi connectivity index (χ3v) is 2.11. The summed E-state index contributed by atoms with van der Waals surface area (Å²) in [5, 5.41) is 2.49. The highest BCUT2D eigenvalue weighted by molar-refractivity contribution is 5.87. The first-order chi connectivity index (χ1) is 7.99. The molecule has 0 radical (unpaired) electrons. The molecule has 1 rings (SSSR count). The molecule has 92 valence electrons. The van der Waals surface area contributed by atoms with Gasteiger partial charge in [0.25, 0.3) is 0 Å². The molecule has 0 spiro atoms. The van der Waals surface area contributed by atoms with Crippen LogP contribution in [0.2, 0.25) is 0 Å². The lowest BCUT2D eigenvalue weighted by molar-refractivity contribution is -0.126. The Kier molecular flexibility index (Phi) is 4.59. The minimum Gasteiger partial charge on any atom is -0.370 e. The van der Waals surface area contributed by atoms with Crippen molar-refractivity contribution in [3.8, 4) is 0 Å². The molecule has 0 aliphatic carbocycles. The quantitative estimate of drug-likeness (QED) is 0.654. The largest absolute Gasteiger partial charge is 0.370 e. The van der Waals surface area contributed by atoms with Crippen molar-refractivity contribution in [2.45, 2.75) is 19.0 Å². The third kappa shape index (κ3) is 4.60. The van der Waals surface area contributed by atoms with E-state index in [1.54, 1.807) is 12.1 Å². The lowest BCUT2D eigenvalue weighted by Gasteiger charge is -2.10. The van der Waals surface area contributed by atoms with Crippen LogP contribution in [0.4, 0.5) is 4.39 Å². The molecule has 0 saturated heterocycles. The molecule has 0 saturated carbocycles. The summed E-state index contributed by atoms with van der Waals surface area (Å²) in [6, 6.07) is 4.86. The van der Waals surface area contributed by atoms with E-state index in [2.05, 4.69) is 5.32 Å². The summed E-state index contributed by atoms with van der Waals surface area (Å²) in [6.45, 7) is 0.156. The second-order valence-corrected chi connectivity index (χ2v) is 3.62. The zero-order valence-corrected chi connectivity index (χ0v) is 9.15. The molecule has 2 amide bonds. The first-order valence-corrected chi connectivity index (χ1v) is 5.05. The average molecular weight is 239 g/mol. The minimum absolute atomic E-state index is 0.156. The minimum atomic E-state index is -0.971. The second-order valence-electron chi connectivity index (χ2n) is 3.62. The molecule has 0 fully saturated rings. The summed E-state index contributed by atoms with van der Waals surface area (Å²) in [4.78, 5) is 21.9. The standard InChI is InChI=1S/C11H14FN3O2/c12-8-3-1-2-7(4-8)6-15-11(17)9(13)5-10(14)16/h1-4,9H,5-6,13H2,(H2,14,16)(H,15,17). The number of hydrogen-bond acceptors (Lipinski definition) is 3. The molecule has 1 unspecified atom stereocenters. The number of nitrogens with two attached hydrogens (primary N) is 2. The zero-order chi connectivity index (χ0) is 12.8. The van der Waals surface area contributed by atoms with E-state index in [9.17, 15) is 14.0 Å². The fourth-order valence-electron chi connectivity index (χ4n) is 1.28. The van der Waals surface area contributed by atoms with Gasteiger partial charge in [-0.1, -0.05) is 12.1 Å². The van der Waals surface area contributed by atoms with Crippen molar-refractivity contribution in [1.29, 1.82) is 0 Å². The van der Waals surface area contributed by atoms with Crippen molar-refractivity contribution in [1.82, 2.24) is 5.32 Å². The van der Waals surface area contributed by atoms with Crippen LogP contribution in [0, 0.1) is 5.82 Å². The lowest BCUT2D eigenvalue weighted by Crippen LogP contribution is -2.42. The van der Waals surface area contributed by atoms with Crippen LogP contribution in [0.25, 0.3) is 0 Å². The number of amides is 2. The number of carbonyl (C=O) groups is 2. The van der Waals surface area contributed by atoms with Crippen LogP contribution >= 0.6 is 0 Å². The number of halogens is 1. The van der Waals surface area contributed by atoms with Crippen LogP contribution < -0.4 is 16.8 Å². The molecule has 1 aromatic carbocycles. The number of hydrogen-bond donors (Lipinski definition) is 3. The summed E-state index contributed by atoms with van der Waals surface area (Å²) in [5.41, 5.74) is 11.0. The van der Waals surface area contributed by atoms with Crippen LogP contribution in [-0.4, -0.2) is 17.9 Å². The Hall–Kier alpha value is -1.95. The van der Waals surface area contributed by atoms with Crippen molar-refractivity contribution in [3.05, 3.63) is 35.6 Å². The summed E-state index contributed by atoms with van der Waals surface area (Å²) >= 11 is 0. The van der Waals surface area contributed by atoms with E-state index in [-0.39, 0.29) is 18.8 Å². The average Bonchev–Trinajstić information content (AvgIpc) is 2.25. The monoisotopic (exact) mass is 239 g/mol. The normalized spacial score (nSPS) is 11.9. The van der Waals surface area contributed by atoms with Gasteiger partial charge in [-0.3, -0.25) is 9.59 Å². The molecule has 1 atom stereocenters. The Morgan fingerprint density at radius 1 is 1.41 bits per heavy atom. The lowest BCUT2D eigenvalue weighted by atomic mass is 10.2. The van der Waals surface area contributed by atoms with E-state index >= 15 is 0 Å². The van der Waals surface area contributed by atoms with Crippen molar-refractivity contribution >= 4 is 11.8 Å². The van der Waals surface area contributed by atoms with E-state index in [1.165, 1.54) is 12.1 Å². The Balaban J connectivity index is 2.45. The SMILES string of the molecule is NC(=O)CC(N)C(=O)NCc1cccc(F)c1. The van der Waals surface area contributed by atoms with Gasteiger partial charge in [-0.2, -0.15) is 0 Å². The number of benzene rings is 1. The van der Waals surface area contributed by atoms with Crippen LogP contribution in [0.5, 0.6) is 0 Å². The molecule has 1 aromatic rings. The summed E-state index contributed by atoms with van der Waals surface area (Å²) < 4.78 is 12.8. The summed E-state index contributed by atoms with van der Waals surface area (Å²) in [7, 11) is 0. The zero-order valence-electron chi connectivity index (χ0n) is 9.15. The first-order valence-electron chi connectivity index (χ1n) is 5.05. The predicted octanol–water partition coefficient (Wildman–Crippen LogP) is -0.355. The van der Waals surface area contributed by atoms with Crippen LogP contribution in [-0.2, 0) is 16.1 Å². The van der Waals surface area contributed by atoms with Crippen molar-refractivity contribution in [3.63, 3.8) is 0 Å². The van der Waals surface area contributed by atoms with Gasteiger partial charge in [-0.15, -0.1) is 0 Å². The fraction of sp³-hybridized carbons (Fsp3) is 0.273. The molecule has 0 aromatic heterocycles. The summed E-state index contributed by atoms with van der Waals surface area (Å²) in [5.74, 6) is -1.51. The van der Waals surface area contributed by atoms with Gasteiger partial charge in [0, 0.05) is 6.54 Å². The molecule has 17 heavy (non-hydrogen) atoms. The van der Waals surface area contributed by atoms with E-state index in [4.69, 9.17) is 11.5 Å². The third-order valence-electron chi connectivity index (χ3n) is 2.11. The molecular formula is C11H14FN3O2. The highest BCUT2D eigenvalue weighted by Crippen LogP contribution is 2.02. The molecule has 6 heteroatoms. The highest BCUT2D eigenvalue weighted by Gasteiger charge is 2.15. The summed E-state index contributed by atoms with van der Waals surface area (Å²) in [6.07, 6.45) is -0.213. The maximum Gasteiger partial charge on any atom is 0.237 e. The van der Waals surface area contributed by atoms with Crippen LogP contribution in [0.15, 0.2) is 24.3 Å².